The Morgan fingerprint density at radius 1 is 0.389 bits per heavy atom. The van der Waals surface area contributed by atoms with Gasteiger partial charge in [-0.3, -0.25) is 14.4 Å². The lowest BCUT2D eigenvalue weighted by Crippen LogP contribution is -2.30. The van der Waals surface area contributed by atoms with Crippen LogP contribution in [0.25, 0.3) is 0 Å². The first kappa shape index (κ1) is 50.9. The number of hydrogen-bond donors (Lipinski definition) is 0. The average molecular weight is 753 g/mol. The molecule has 6 heteroatoms. The summed E-state index contributed by atoms with van der Waals surface area (Å²) in [4.78, 5) is 37.6. The molecule has 0 rings (SSSR count). The van der Waals surface area contributed by atoms with Gasteiger partial charge in [0.2, 0.25) is 0 Å². The fourth-order valence-corrected chi connectivity index (χ4v) is 5.65. The van der Waals surface area contributed by atoms with Gasteiger partial charge in [0.1, 0.15) is 13.2 Å². The minimum absolute atomic E-state index is 0.0938. The van der Waals surface area contributed by atoms with Crippen molar-refractivity contribution >= 4 is 17.9 Å². The molecule has 0 aromatic rings. The van der Waals surface area contributed by atoms with Crippen LogP contribution in [-0.4, -0.2) is 37.2 Å². The van der Waals surface area contributed by atoms with Gasteiger partial charge in [0.15, 0.2) is 6.10 Å². The maximum atomic E-state index is 12.7. The zero-order valence-corrected chi connectivity index (χ0v) is 35.0. The van der Waals surface area contributed by atoms with Crippen molar-refractivity contribution in [2.45, 2.75) is 200 Å². The molecule has 0 amide bonds. The number of carbonyl (C=O) groups is 3. The molecule has 54 heavy (non-hydrogen) atoms. The Hall–Kier alpha value is -3.15. The Bertz CT molecular complexity index is 1050. The number of ether oxygens (including phenoxy) is 3. The van der Waals surface area contributed by atoms with Gasteiger partial charge < -0.3 is 14.2 Å². The van der Waals surface area contributed by atoms with E-state index in [4.69, 9.17) is 14.2 Å². The van der Waals surface area contributed by atoms with Gasteiger partial charge in [-0.15, -0.1) is 0 Å². The Labute approximate surface area is 332 Å². The van der Waals surface area contributed by atoms with Crippen LogP contribution >= 0.6 is 0 Å². The van der Waals surface area contributed by atoms with Gasteiger partial charge in [0.05, 0.1) is 0 Å². The molecule has 0 N–H and O–H groups in total. The first-order valence-electron chi connectivity index (χ1n) is 22.0. The van der Waals surface area contributed by atoms with E-state index in [0.29, 0.717) is 19.3 Å². The zero-order chi connectivity index (χ0) is 39.4. The number of esters is 3. The molecule has 0 bridgehead atoms. The Balaban J connectivity index is 4.44. The molecule has 0 fully saturated rings. The van der Waals surface area contributed by atoms with Crippen LogP contribution in [0.15, 0.2) is 72.9 Å². The van der Waals surface area contributed by atoms with Gasteiger partial charge >= 0.3 is 17.9 Å². The quantitative estimate of drug-likeness (QED) is 0.0205. The lowest BCUT2D eigenvalue weighted by atomic mass is 10.1. The molecule has 1 unspecified atom stereocenters. The minimum Gasteiger partial charge on any atom is -0.462 e. The molecule has 0 aliphatic rings. The van der Waals surface area contributed by atoms with E-state index in [1.807, 2.05) is 24.3 Å². The van der Waals surface area contributed by atoms with Crippen molar-refractivity contribution < 1.29 is 28.6 Å². The lowest BCUT2D eigenvalue weighted by molar-refractivity contribution is -0.167. The molecule has 308 valence electrons. The molecule has 0 aliphatic heterocycles. The SMILES string of the molecule is CC\C=C/C=C\C=C/C=C\CCCCCCCC(=O)OCC(COC(=O)CCCCCC/C=C\CCCC)OC(=O)CCCCCCC/C=C\CCCC. The van der Waals surface area contributed by atoms with Crippen LogP contribution < -0.4 is 0 Å². The monoisotopic (exact) mass is 753 g/mol. The van der Waals surface area contributed by atoms with Gasteiger partial charge in [-0.05, 0) is 77.0 Å². The van der Waals surface area contributed by atoms with Gasteiger partial charge in [-0.2, -0.15) is 0 Å². The predicted molar refractivity (Wildman–Crippen MR) is 228 cm³/mol. The molecule has 6 nitrogen and oxygen atoms in total. The summed E-state index contributed by atoms with van der Waals surface area (Å²) in [5, 5.41) is 0. The second-order valence-electron chi connectivity index (χ2n) is 14.3. The third-order valence-electron chi connectivity index (χ3n) is 9.01. The number of unbranched alkanes of at least 4 members (excludes halogenated alkanes) is 18. The fraction of sp³-hybridized carbons (Fsp3) is 0.688. The van der Waals surface area contributed by atoms with Gasteiger partial charge in [-0.1, -0.05) is 171 Å². The van der Waals surface area contributed by atoms with Gasteiger partial charge in [-0.25, -0.2) is 0 Å². The molecular formula is C48H80O6. The topological polar surface area (TPSA) is 78.9 Å². The van der Waals surface area contributed by atoms with E-state index >= 15 is 0 Å². The highest BCUT2D eigenvalue weighted by Crippen LogP contribution is 2.12. The second-order valence-corrected chi connectivity index (χ2v) is 14.3. The predicted octanol–water partition coefficient (Wildman–Crippen LogP) is 13.9. The molecule has 0 radical (unpaired) electrons. The van der Waals surface area contributed by atoms with Crippen LogP contribution in [0.5, 0.6) is 0 Å². The summed E-state index contributed by atoms with van der Waals surface area (Å²) < 4.78 is 16.6. The van der Waals surface area contributed by atoms with Crippen molar-refractivity contribution in [2.24, 2.45) is 0 Å². The van der Waals surface area contributed by atoms with Crippen LogP contribution in [0, 0.1) is 0 Å². The lowest BCUT2D eigenvalue weighted by Gasteiger charge is -2.18. The van der Waals surface area contributed by atoms with Crippen molar-refractivity contribution in [1.82, 2.24) is 0 Å². The van der Waals surface area contributed by atoms with Crippen LogP contribution in [0.1, 0.15) is 194 Å². The Morgan fingerprint density at radius 3 is 1.19 bits per heavy atom. The minimum atomic E-state index is -0.791. The van der Waals surface area contributed by atoms with Crippen LogP contribution in [0.3, 0.4) is 0 Å². The van der Waals surface area contributed by atoms with Crippen LogP contribution in [-0.2, 0) is 28.6 Å². The summed E-state index contributed by atoms with van der Waals surface area (Å²) in [5.74, 6) is -0.949. The first-order chi connectivity index (χ1) is 26.5. The molecule has 0 aromatic carbocycles. The standard InChI is InChI=1S/C48H80O6/c1-4-7-10-13-16-19-22-23-24-25-27-29-32-35-38-41-47(50)53-44-45(43-52-46(49)40-37-34-31-28-21-18-15-12-9-6-3)54-48(51)42-39-36-33-30-26-20-17-14-11-8-5-2/h7,10,13-19,22-24,45H,4-6,8-9,11-12,20-21,25-44H2,1-3H3/b10-7-,16-13-,17-14-,18-15-,22-19-,24-23-. The molecule has 1 atom stereocenters. The molecular weight excluding hydrogens is 673 g/mol. The third-order valence-corrected chi connectivity index (χ3v) is 9.01. The van der Waals surface area contributed by atoms with E-state index in [0.717, 1.165) is 116 Å². The van der Waals surface area contributed by atoms with E-state index in [9.17, 15) is 14.4 Å². The summed E-state index contributed by atoms with van der Waals surface area (Å²) >= 11 is 0. The molecule has 0 aliphatic carbocycles. The highest BCUT2D eigenvalue weighted by atomic mass is 16.6. The molecule has 0 heterocycles. The third kappa shape index (κ3) is 40.0. The zero-order valence-electron chi connectivity index (χ0n) is 35.0. The number of hydrogen-bond acceptors (Lipinski definition) is 6. The fourth-order valence-electron chi connectivity index (χ4n) is 5.65. The van der Waals surface area contributed by atoms with E-state index in [2.05, 4.69) is 69.4 Å². The van der Waals surface area contributed by atoms with Crippen molar-refractivity contribution in [3.8, 4) is 0 Å². The smallest absolute Gasteiger partial charge is 0.306 e. The maximum absolute atomic E-state index is 12.7. The molecule has 0 saturated heterocycles. The average Bonchev–Trinajstić information content (AvgIpc) is 3.17. The Kier molecular flexibility index (Phi) is 40.1. The largest absolute Gasteiger partial charge is 0.462 e. The number of carbonyl (C=O) groups excluding carboxylic acids is 3. The molecule has 0 aromatic heterocycles. The second kappa shape index (κ2) is 42.6. The normalized spacial score (nSPS) is 12.7. The number of allylic oxidation sites excluding steroid dienone is 12. The van der Waals surface area contributed by atoms with E-state index in [1.54, 1.807) is 0 Å². The maximum Gasteiger partial charge on any atom is 0.306 e. The van der Waals surface area contributed by atoms with Crippen molar-refractivity contribution in [1.29, 1.82) is 0 Å². The highest BCUT2D eigenvalue weighted by molar-refractivity contribution is 5.71. The number of rotatable bonds is 38. The highest BCUT2D eigenvalue weighted by Gasteiger charge is 2.19. The molecule has 0 saturated carbocycles. The molecule has 0 spiro atoms. The van der Waals surface area contributed by atoms with Crippen molar-refractivity contribution in [2.75, 3.05) is 13.2 Å². The summed E-state index contributed by atoms with van der Waals surface area (Å²) in [6, 6.07) is 0. The van der Waals surface area contributed by atoms with E-state index in [-0.39, 0.29) is 31.1 Å². The summed E-state index contributed by atoms with van der Waals surface area (Å²) in [6.07, 6.45) is 51.7. The van der Waals surface area contributed by atoms with E-state index in [1.165, 1.54) is 38.5 Å². The van der Waals surface area contributed by atoms with Crippen LogP contribution in [0.2, 0.25) is 0 Å². The summed E-state index contributed by atoms with van der Waals surface area (Å²) in [6.45, 7) is 6.35. The van der Waals surface area contributed by atoms with E-state index < -0.39 is 6.10 Å². The first-order valence-corrected chi connectivity index (χ1v) is 22.0. The summed E-state index contributed by atoms with van der Waals surface area (Å²) in [7, 11) is 0. The van der Waals surface area contributed by atoms with Crippen molar-refractivity contribution in [3.63, 3.8) is 0 Å². The van der Waals surface area contributed by atoms with Gasteiger partial charge in [0.25, 0.3) is 0 Å². The van der Waals surface area contributed by atoms with Crippen LogP contribution in [0.4, 0.5) is 0 Å². The van der Waals surface area contributed by atoms with Crippen molar-refractivity contribution in [3.05, 3.63) is 72.9 Å². The Morgan fingerprint density at radius 2 is 0.741 bits per heavy atom. The summed E-state index contributed by atoms with van der Waals surface area (Å²) in [5.41, 5.74) is 0. The van der Waals surface area contributed by atoms with Gasteiger partial charge in [0, 0.05) is 19.3 Å².